The minimum absolute atomic E-state index is 0.00913. The summed E-state index contributed by atoms with van der Waals surface area (Å²) >= 11 is 0. The monoisotopic (exact) mass is 355 g/mol. The Kier molecular flexibility index (Phi) is 6.34. The van der Waals surface area contributed by atoms with Gasteiger partial charge in [0, 0.05) is 18.8 Å². The second kappa shape index (κ2) is 8.06. The van der Waals surface area contributed by atoms with E-state index >= 15 is 0 Å². The molecule has 1 aliphatic rings. The number of sulfone groups is 1. The normalized spacial score (nSPS) is 22.7. The van der Waals surface area contributed by atoms with E-state index in [9.17, 15) is 18.3 Å². The second-order valence-corrected chi connectivity index (χ2v) is 8.23. The number of nitrogens with two attached hydrogens (primary N) is 1. The van der Waals surface area contributed by atoms with Crippen molar-refractivity contribution in [1.82, 2.24) is 4.90 Å². The summed E-state index contributed by atoms with van der Waals surface area (Å²) in [6.07, 6.45) is -0.118. The van der Waals surface area contributed by atoms with E-state index in [0.29, 0.717) is 12.2 Å². The molecule has 2 atom stereocenters. The van der Waals surface area contributed by atoms with Gasteiger partial charge in [-0.2, -0.15) is 0 Å². The van der Waals surface area contributed by atoms with E-state index < -0.39 is 22.0 Å². The second-order valence-electron chi connectivity index (χ2n) is 6.07. The average Bonchev–Trinajstić information content (AvgIpc) is 2.80. The van der Waals surface area contributed by atoms with Crippen LogP contribution in [0.1, 0.15) is 12.5 Å². The molecule has 1 fully saturated rings. The van der Waals surface area contributed by atoms with Crippen molar-refractivity contribution in [1.29, 1.82) is 0 Å². The lowest BCUT2D eigenvalue weighted by molar-refractivity contribution is -0.118. The quantitative estimate of drug-likeness (QED) is 0.614. The van der Waals surface area contributed by atoms with Gasteiger partial charge in [-0.1, -0.05) is 19.1 Å². The van der Waals surface area contributed by atoms with Gasteiger partial charge in [-0.25, -0.2) is 8.42 Å². The molecule has 8 heteroatoms. The molecular weight excluding hydrogens is 330 g/mol. The smallest absolute Gasteiger partial charge is 0.238 e. The summed E-state index contributed by atoms with van der Waals surface area (Å²) < 4.78 is 23.4. The van der Waals surface area contributed by atoms with Gasteiger partial charge in [0.25, 0.3) is 0 Å². The van der Waals surface area contributed by atoms with Gasteiger partial charge in [-0.05, 0) is 24.1 Å². The Balaban J connectivity index is 2.03. The van der Waals surface area contributed by atoms with Crippen LogP contribution in [0.15, 0.2) is 24.3 Å². The summed E-state index contributed by atoms with van der Waals surface area (Å²) in [6.45, 7) is 2.65. The van der Waals surface area contributed by atoms with Gasteiger partial charge in [0.05, 0.1) is 30.2 Å². The molecule has 24 heavy (non-hydrogen) atoms. The van der Waals surface area contributed by atoms with Crippen LogP contribution < -0.4 is 11.1 Å². The van der Waals surface area contributed by atoms with Crippen LogP contribution in [-0.2, 0) is 21.1 Å². The number of aliphatic hydroxyl groups is 1. The zero-order valence-electron chi connectivity index (χ0n) is 13.8. The van der Waals surface area contributed by atoms with E-state index in [2.05, 4.69) is 5.32 Å². The zero-order valence-corrected chi connectivity index (χ0v) is 14.6. The van der Waals surface area contributed by atoms with Crippen LogP contribution in [0.3, 0.4) is 0 Å². The lowest BCUT2D eigenvalue weighted by Crippen LogP contribution is -2.48. The molecule has 1 aliphatic heterocycles. The van der Waals surface area contributed by atoms with Crippen molar-refractivity contribution in [3.8, 4) is 0 Å². The molecule has 2 rings (SSSR count). The third kappa shape index (κ3) is 5.01. The van der Waals surface area contributed by atoms with E-state index in [4.69, 9.17) is 5.73 Å². The molecule has 1 saturated heterocycles. The predicted molar refractivity (Wildman–Crippen MR) is 93.5 cm³/mol. The summed E-state index contributed by atoms with van der Waals surface area (Å²) in [5, 5.41) is 12.8. The number of benzene rings is 1. The zero-order chi connectivity index (χ0) is 17.7. The number of hydrogen-bond acceptors (Lipinski definition) is 6. The molecule has 1 aromatic rings. The van der Waals surface area contributed by atoms with Gasteiger partial charge in [0.1, 0.15) is 0 Å². The number of nitrogens with one attached hydrogen (secondary N) is 1. The molecule has 1 amide bonds. The molecule has 7 nitrogen and oxygen atoms in total. The van der Waals surface area contributed by atoms with Gasteiger partial charge < -0.3 is 16.2 Å². The first-order chi connectivity index (χ1) is 11.3. The Hall–Kier alpha value is -1.48. The Labute approximate surface area is 142 Å². The third-order valence-electron chi connectivity index (χ3n) is 4.14. The molecule has 1 heterocycles. The molecule has 2 unspecified atom stereocenters. The number of rotatable bonds is 7. The number of hydrogen-bond donors (Lipinski definition) is 3. The van der Waals surface area contributed by atoms with Gasteiger partial charge >= 0.3 is 0 Å². The molecule has 1 aromatic carbocycles. The Morgan fingerprint density at radius 3 is 2.75 bits per heavy atom. The summed E-state index contributed by atoms with van der Waals surface area (Å²) in [6, 6.07) is 6.97. The van der Waals surface area contributed by atoms with Gasteiger partial charge in [-0.3, -0.25) is 9.69 Å². The fourth-order valence-corrected chi connectivity index (χ4v) is 4.77. The molecule has 0 aromatic heterocycles. The highest BCUT2D eigenvalue weighted by Gasteiger charge is 2.40. The molecule has 4 N–H and O–H groups in total. The Morgan fingerprint density at radius 1 is 1.42 bits per heavy atom. The van der Waals surface area contributed by atoms with Crippen LogP contribution in [0.25, 0.3) is 0 Å². The van der Waals surface area contributed by atoms with Crippen LogP contribution in [0.4, 0.5) is 5.69 Å². The van der Waals surface area contributed by atoms with Crippen molar-refractivity contribution in [2.45, 2.75) is 25.5 Å². The lowest BCUT2D eigenvalue weighted by atomic mass is 10.1. The SMILES string of the molecule is CCc1cccc(NC(=O)CN(CCN)C2CS(=O)(=O)CC2O)c1. The predicted octanol–water partition coefficient (Wildman–Crippen LogP) is -0.394. The highest BCUT2D eigenvalue weighted by molar-refractivity contribution is 7.91. The van der Waals surface area contributed by atoms with E-state index in [0.717, 1.165) is 12.0 Å². The maximum Gasteiger partial charge on any atom is 0.238 e. The lowest BCUT2D eigenvalue weighted by Gasteiger charge is -2.29. The number of nitrogens with zero attached hydrogens (tertiary/aromatic N) is 1. The Bertz CT molecular complexity index is 678. The fraction of sp³-hybridized carbons (Fsp3) is 0.562. The molecule has 0 spiro atoms. The standard InChI is InChI=1S/C16H25N3O4S/c1-2-12-4-3-5-13(8-12)18-16(21)9-19(7-6-17)14-10-24(22,23)11-15(14)20/h3-5,8,14-15,20H,2,6-7,9-11,17H2,1H3,(H,18,21). The van der Waals surface area contributed by atoms with Gasteiger partial charge in [0.15, 0.2) is 9.84 Å². The van der Waals surface area contributed by atoms with E-state index in [1.54, 1.807) is 11.0 Å². The van der Waals surface area contributed by atoms with Crippen molar-refractivity contribution in [2.75, 3.05) is 36.5 Å². The van der Waals surface area contributed by atoms with E-state index in [-0.39, 0.29) is 30.5 Å². The molecular formula is C16H25N3O4S. The van der Waals surface area contributed by atoms with Gasteiger partial charge in [0.2, 0.25) is 5.91 Å². The minimum atomic E-state index is -3.28. The minimum Gasteiger partial charge on any atom is -0.390 e. The fourth-order valence-electron chi connectivity index (χ4n) is 2.94. The van der Waals surface area contributed by atoms with Crippen LogP contribution in [0.2, 0.25) is 0 Å². The summed E-state index contributed by atoms with van der Waals surface area (Å²) in [5.74, 6) is -0.667. The number of aryl methyl sites for hydroxylation is 1. The number of carbonyl (C=O) groups is 1. The van der Waals surface area contributed by atoms with Gasteiger partial charge in [-0.15, -0.1) is 0 Å². The summed E-state index contributed by atoms with van der Waals surface area (Å²) in [4.78, 5) is 13.9. The number of anilines is 1. The maximum atomic E-state index is 12.3. The molecule has 0 radical (unpaired) electrons. The summed E-state index contributed by atoms with van der Waals surface area (Å²) in [7, 11) is -3.28. The van der Waals surface area contributed by atoms with Crippen LogP contribution in [0, 0.1) is 0 Å². The topological polar surface area (TPSA) is 113 Å². The highest BCUT2D eigenvalue weighted by atomic mass is 32.2. The molecule has 0 saturated carbocycles. The molecule has 134 valence electrons. The molecule has 0 bridgehead atoms. The Morgan fingerprint density at radius 2 is 2.17 bits per heavy atom. The van der Waals surface area contributed by atoms with Crippen molar-refractivity contribution < 1.29 is 18.3 Å². The third-order valence-corrected chi connectivity index (χ3v) is 5.84. The van der Waals surface area contributed by atoms with Crippen molar-refractivity contribution in [2.24, 2.45) is 5.73 Å². The van der Waals surface area contributed by atoms with Crippen molar-refractivity contribution >= 4 is 21.4 Å². The number of aliphatic hydroxyl groups excluding tert-OH is 1. The number of carbonyl (C=O) groups excluding carboxylic acids is 1. The van der Waals surface area contributed by atoms with E-state index in [1.165, 1.54) is 0 Å². The molecule has 0 aliphatic carbocycles. The average molecular weight is 355 g/mol. The highest BCUT2D eigenvalue weighted by Crippen LogP contribution is 2.18. The van der Waals surface area contributed by atoms with Crippen molar-refractivity contribution in [3.63, 3.8) is 0 Å². The largest absolute Gasteiger partial charge is 0.390 e. The number of amides is 1. The first kappa shape index (κ1) is 18.9. The van der Waals surface area contributed by atoms with E-state index in [1.807, 2.05) is 25.1 Å². The van der Waals surface area contributed by atoms with Crippen LogP contribution in [0.5, 0.6) is 0 Å². The summed E-state index contributed by atoms with van der Waals surface area (Å²) in [5.41, 5.74) is 7.39. The first-order valence-corrected chi connectivity index (χ1v) is 9.88. The first-order valence-electron chi connectivity index (χ1n) is 8.06. The van der Waals surface area contributed by atoms with Crippen molar-refractivity contribution in [3.05, 3.63) is 29.8 Å². The van der Waals surface area contributed by atoms with Crippen LogP contribution >= 0.6 is 0 Å². The maximum absolute atomic E-state index is 12.3. The van der Waals surface area contributed by atoms with Crippen LogP contribution in [-0.4, -0.2) is 67.6 Å².